The van der Waals surface area contributed by atoms with Gasteiger partial charge >= 0.3 is 5.97 Å². The third kappa shape index (κ3) is 2.82. The molecule has 0 spiro atoms. The minimum absolute atomic E-state index is 0.0136. The van der Waals surface area contributed by atoms with Crippen LogP contribution in [0.1, 0.15) is 17.9 Å². The van der Waals surface area contributed by atoms with Gasteiger partial charge in [0.25, 0.3) is 0 Å². The molecule has 0 N–H and O–H groups in total. The van der Waals surface area contributed by atoms with Crippen LogP contribution < -0.4 is 0 Å². The summed E-state index contributed by atoms with van der Waals surface area (Å²) in [7, 11) is 1.32. The topological polar surface area (TPSA) is 46.6 Å². The third-order valence-electron chi connectivity index (χ3n) is 3.10. The van der Waals surface area contributed by atoms with Gasteiger partial charge in [0.15, 0.2) is 0 Å². The number of ether oxygens (including phenoxy) is 1. The third-order valence-corrected chi connectivity index (χ3v) is 3.36. The smallest absolute Gasteiger partial charge is 0.325 e. The van der Waals surface area contributed by atoms with Crippen molar-refractivity contribution in [2.24, 2.45) is 0 Å². The zero-order chi connectivity index (χ0) is 13.1. The van der Waals surface area contributed by atoms with Crippen LogP contribution in [0.3, 0.4) is 0 Å². The number of likely N-dealkylation sites (tertiary alicyclic amines) is 1. The number of esters is 1. The van der Waals surface area contributed by atoms with Crippen molar-refractivity contribution in [1.82, 2.24) is 4.90 Å². The van der Waals surface area contributed by atoms with Gasteiger partial charge in [-0.3, -0.25) is 9.59 Å². The molecule has 1 amide bonds. The number of hydrogen-bond donors (Lipinski definition) is 0. The summed E-state index contributed by atoms with van der Waals surface area (Å²) in [5, 5.41) is 0.675. The molecule has 0 radical (unpaired) electrons. The van der Waals surface area contributed by atoms with Crippen molar-refractivity contribution in [2.45, 2.75) is 12.3 Å². The molecule has 1 aromatic carbocycles. The summed E-state index contributed by atoms with van der Waals surface area (Å²) >= 11 is 5.82. The molecule has 96 valence electrons. The van der Waals surface area contributed by atoms with Crippen molar-refractivity contribution in [3.63, 3.8) is 0 Å². The van der Waals surface area contributed by atoms with Crippen LogP contribution in [0, 0.1) is 0 Å². The highest BCUT2D eigenvalue weighted by Gasteiger charge is 2.31. The van der Waals surface area contributed by atoms with E-state index < -0.39 is 0 Å². The van der Waals surface area contributed by atoms with Crippen LogP contribution in [0.2, 0.25) is 5.02 Å². The molecule has 0 saturated carbocycles. The Hall–Kier alpha value is -1.55. The molecule has 18 heavy (non-hydrogen) atoms. The predicted octanol–water partition coefficient (Wildman–Crippen LogP) is 1.83. The number of amides is 1. The second kappa shape index (κ2) is 5.40. The molecule has 0 bridgehead atoms. The summed E-state index contributed by atoms with van der Waals surface area (Å²) in [5.74, 6) is -0.278. The van der Waals surface area contributed by atoms with Crippen LogP contribution in [0.15, 0.2) is 24.3 Å². The van der Waals surface area contributed by atoms with Gasteiger partial charge in [-0.05, 0) is 17.7 Å². The van der Waals surface area contributed by atoms with Crippen LogP contribution in [0.5, 0.6) is 0 Å². The first-order chi connectivity index (χ1) is 8.60. The first-order valence-corrected chi connectivity index (χ1v) is 6.08. The van der Waals surface area contributed by atoms with Crippen LogP contribution >= 0.6 is 11.6 Å². The average Bonchev–Trinajstić information content (AvgIpc) is 2.71. The number of benzene rings is 1. The molecular weight excluding hydrogens is 254 g/mol. The van der Waals surface area contributed by atoms with Gasteiger partial charge in [0.05, 0.1) is 7.11 Å². The molecule has 1 atom stereocenters. The molecule has 1 unspecified atom stereocenters. The van der Waals surface area contributed by atoms with Crippen LogP contribution in [0.25, 0.3) is 0 Å². The van der Waals surface area contributed by atoms with E-state index >= 15 is 0 Å². The monoisotopic (exact) mass is 267 g/mol. The highest BCUT2D eigenvalue weighted by molar-refractivity contribution is 6.30. The Labute approximate surface area is 110 Å². The van der Waals surface area contributed by atoms with Gasteiger partial charge in [-0.15, -0.1) is 0 Å². The van der Waals surface area contributed by atoms with Gasteiger partial charge in [0, 0.05) is 23.9 Å². The van der Waals surface area contributed by atoms with E-state index in [1.807, 2.05) is 24.3 Å². The van der Waals surface area contributed by atoms with Gasteiger partial charge in [0.2, 0.25) is 5.91 Å². The maximum atomic E-state index is 11.8. The Balaban J connectivity index is 2.04. The second-order valence-electron chi connectivity index (χ2n) is 4.30. The van der Waals surface area contributed by atoms with Crippen molar-refractivity contribution in [1.29, 1.82) is 0 Å². The van der Waals surface area contributed by atoms with E-state index in [0.29, 0.717) is 18.0 Å². The summed E-state index contributed by atoms with van der Waals surface area (Å²) < 4.78 is 4.57. The Bertz CT molecular complexity index is 458. The number of methoxy groups -OCH3 is 1. The Kier molecular flexibility index (Phi) is 3.87. The first-order valence-electron chi connectivity index (χ1n) is 5.70. The number of halogens is 1. The molecule has 2 rings (SSSR count). The van der Waals surface area contributed by atoms with E-state index in [-0.39, 0.29) is 24.3 Å². The fourth-order valence-electron chi connectivity index (χ4n) is 2.10. The molecule has 1 aliphatic heterocycles. The quantitative estimate of drug-likeness (QED) is 0.785. The highest BCUT2D eigenvalue weighted by atomic mass is 35.5. The number of carbonyl (C=O) groups excluding carboxylic acids is 2. The number of nitrogens with zero attached hydrogens (tertiary/aromatic N) is 1. The lowest BCUT2D eigenvalue weighted by Crippen LogP contribution is -2.31. The molecule has 4 nitrogen and oxygen atoms in total. The van der Waals surface area contributed by atoms with E-state index in [4.69, 9.17) is 11.6 Å². The summed E-state index contributed by atoms with van der Waals surface area (Å²) in [6, 6.07) is 7.46. The molecule has 5 heteroatoms. The standard InChI is InChI=1S/C13H14ClNO3/c1-18-13(17)8-15-7-10(6-12(15)16)9-2-4-11(14)5-3-9/h2-5,10H,6-8H2,1H3. The predicted molar refractivity (Wildman–Crippen MR) is 67.4 cm³/mol. The average molecular weight is 268 g/mol. The lowest BCUT2D eigenvalue weighted by Gasteiger charge is -2.15. The van der Waals surface area contributed by atoms with E-state index in [1.165, 1.54) is 12.0 Å². The Morgan fingerprint density at radius 2 is 2.11 bits per heavy atom. The molecular formula is C13H14ClNO3. The molecule has 1 aliphatic rings. The van der Waals surface area contributed by atoms with Crippen molar-refractivity contribution in [3.8, 4) is 0 Å². The van der Waals surface area contributed by atoms with Crippen LogP contribution in [-0.2, 0) is 14.3 Å². The maximum absolute atomic E-state index is 11.8. The van der Waals surface area contributed by atoms with Crippen molar-refractivity contribution in [2.75, 3.05) is 20.2 Å². The molecule has 1 aromatic rings. The SMILES string of the molecule is COC(=O)CN1CC(c2ccc(Cl)cc2)CC1=O. The molecule has 1 saturated heterocycles. The fourth-order valence-corrected chi connectivity index (χ4v) is 2.23. The fraction of sp³-hybridized carbons (Fsp3) is 0.385. The van der Waals surface area contributed by atoms with E-state index in [1.54, 1.807) is 0 Å². The number of hydrogen-bond acceptors (Lipinski definition) is 3. The first kappa shape index (κ1) is 12.9. The van der Waals surface area contributed by atoms with Gasteiger partial charge in [-0.2, -0.15) is 0 Å². The van der Waals surface area contributed by atoms with E-state index in [2.05, 4.69) is 4.74 Å². The van der Waals surface area contributed by atoms with Crippen molar-refractivity contribution in [3.05, 3.63) is 34.9 Å². The van der Waals surface area contributed by atoms with E-state index in [9.17, 15) is 9.59 Å². The van der Waals surface area contributed by atoms with Crippen LogP contribution in [0.4, 0.5) is 0 Å². The van der Waals surface area contributed by atoms with Gasteiger partial charge in [0.1, 0.15) is 6.54 Å². The molecule has 1 heterocycles. The second-order valence-corrected chi connectivity index (χ2v) is 4.74. The van der Waals surface area contributed by atoms with Gasteiger partial charge in [-0.1, -0.05) is 23.7 Å². The lowest BCUT2D eigenvalue weighted by atomic mass is 9.98. The number of rotatable bonds is 3. The summed E-state index contributed by atoms with van der Waals surface area (Å²) in [6.45, 7) is 0.578. The summed E-state index contributed by atoms with van der Waals surface area (Å²) in [6.07, 6.45) is 0.429. The van der Waals surface area contributed by atoms with E-state index in [0.717, 1.165) is 5.56 Å². The minimum Gasteiger partial charge on any atom is -0.468 e. The van der Waals surface area contributed by atoms with Gasteiger partial charge in [-0.25, -0.2) is 0 Å². The molecule has 0 aliphatic carbocycles. The number of carbonyl (C=O) groups is 2. The molecule has 1 fully saturated rings. The van der Waals surface area contributed by atoms with Crippen LogP contribution in [-0.4, -0.2) is 37.0 Å². The van der Waals surface area contributed by atoms with Crippen molar-refractivity contribution < 1.29 is 14.3 Å². The highest BCUT2D eigenvalue weighted by Crippen LogP contribution is 2.28. The maximum Gasteiger partial charge on any atom is 0.325 e. The summed E-state index contributed by atoms with van der Waals surface area (Å²) in [4.78, 5) is 24.5. The minimum atomic E-state index is -0.389. The molecule has 0 aromatic heterocycles. The van der Waals surface area contributed by atoms with Gasteiger partial charge < -0.3 is 9.64 Å². The Morgan fingerprint density at radius 1 is 1.44 bits per heavy atom. The zero-order valence-corrected chi connectivity index (χ0v) is 10.8. The lowest BCUT2D eigenvalue weighted by molar-refractivity contribution is -0.145. The largest absolute Gasteiger partial charge is 0.468 e. The summed E-state index contributed by atoms with van der Waals surface area (Å²) in [5.41, 5.74) is 1.07. The normalized spacial score (nSPS) is 19.1. The zero-order valence-electron chi connectivity index (χ0n) is 10.1. The van der Waals surface area contributed by atoms with Crippen molar-refractivity contribution >= 4 is 23.5 Å². The Morgan fingerprint density at radius 3 is 2.72 bits per heavy atom.